The van der Waals surface area contributed by atoms with E-state index in [4.69, 9.17) is 21.7 Å². The molecule has 0 spiro atoms. The fourth-order valence-corrected chi connectivity index (χ4v) is 2.59. The molecule has 2 aromatic rings. The van der Waals surface area contributed by atoms with Gasteiger partial charge in [0.05, 0.1) is 19.4 Å². The lowest BCUT2D eigenvalue weighted by Crippen LogP contribution is -2.20. The molecule has 0 aliphatic heterocycles. The Bertz CT molecular complexity index is 721. The third-order valence-electron chi connectivity index (χ3n) is 3.74. The maximum atomic E-state index is 5.44. The molecule has 0 aliphatic rings. The first-order valence-corrected chi connectivity index (χ1v) is 8.73. The average Bonchev–Trinajstić information content (AvgIpc) is 2.56. The second kappa shape index (κ2) is 8.21. The van der Waals surface area contributed by atoms with Gasteiger partial charge in [-0.05, 0) is 66.5 Å². The van der Waals surface area contributed by atoms with E-state index in [0.717, 1.165) is 22.9 Å². The highest BCUT2D eigenvalue weighted by atomic mass is 32.1. The summed E-state index contributed by atoms with van der Waals surface area (Å²) in [6.07, 6.45) is 0. The van der Waals surface area contributed by atoms with Crippen molar-refractivity contribution >= 4 is 28.7 Å². The molecule has 4 nitrogen and oxygen atoms in total. The molecule has 0 unspecified atom stereocenters. The van der Waals surface area contributed by atoms with Gasteiger partial charge in [-0.3, -0.25) is 0 Å². The van der Waals surface area contributed by atoms with Crippen LogP contribution in [0.4, 0.5) is 11.4 Å². The normalized spacial score (nSPS) is 10.9. The molecule has 0 atom stereocenters. The highest BCUT2D eigenvalue weighted by Gasteiger charge is 2.16. The van der Waals surface area contributed by atoms with Gasteiger partial charge in [-0.25, -0.2) is 0 Å². The predicted molar refractivity (Wildman–Crippen MR) is 109 cm³/mol. The van der Waals surface area contributed by atoms with Gasteiger partial charge in [-0.2, -0.15) is 0 Å². The molecule has 0 bridgehead atoms. The molecule has 25 heavy (non-hydrogen) atoms. The molecule has 2 rings (SSSR count). The van der Waals surface area contributed by atoms with Crippen molar-refractivity contribution in [3.63, 3.8) is 0 Å². The smallest absolute Gasteiger partial charge is 0.175 e. The monoisotopic (exact) mass is 358 g/mol. The number of hydrogen-bond donors (Lipinski definition) is 2. The first-order chi connectivity index (χ1) is 11.8. The Hall–Kier alpha value is -2.27. The first kappa shape index (κ1) is 19.1. The third kappa shape index (κ3) is 5.36. The Labute approximate surface area is 155 Å². The lowest BCUT2D eigenvalue weighted by Gasteiger charge is -2.22. The van der Waals surface area contributed by atoms with Gasteiger partial charge in [-0.15, -0.1) is 0 Å². The van der Waals surface area contributed by atoms with E-state index < -0.39 is 0 Å². The van der Waals surface area contributed by atoms with Crippen molar-refractivity contribution in [3.8, 4) is 11.5 Å². The van der Waals surface area contributed by atoms with E-state index in [0.29, 0.717) is 11.7 Å². The van der Waals surface area contributed by atoms with Crippen LogP contribution in [0.25, 0.3) is 0 Å². The van der Waals surface area contributed by atoms with Crippen LogP contribution < -0.4 is 20.1 Å². The van der Waals surface area contributed by atoms with Gasteiger partial charge in [-0.1, -0.05) is 26.8 Å². The van der Waals surface area contributed by atoms with Crippen molar-refractivity contribution < 1.29 is 9.47 Å². The van der Waals surface area contributed by atoms with E-state index >= 15 is 0 Å². The molecule has 134 valence electrons. The van der Waals surface area contributed by atoms with Crippen LogP contribution in [-0.4, -0.2) is 18.8 Å². The molecule has 2 aromatic carbocycles. The van der Waals surface area contributed by atoms with Gasteiger partial charge in [0.15, 0.2) is 5.11 Å². The van der Waals surface area contributed by atoms with Crippen LogP contribution in [0, 0.1) is 0 Å². The molecule has 0 saturated heterocycles. The van der Waals surface area contributed by atoms with Gasteiger partial charge >= 0.3 is 0 Å². The first-order valence-electron chi connectivity index (χ1n) is 8.33. The summed E-state index contributed by atoms with van der Waals surface area (Å²) in [6, 6.07) is 13.8. The minimum absolute atomic E-state index is 0.0485. The third-order valence-corrected chi connectivity index (χ3v) is 3.94. The Morgan fingerprint density at radius 1 is 1.04 bits per heavy atom. The maximum absolute atomic E-state index is 5.44. The Balaban J connectivity index is 2.11. The summed E-state index contributed by atoms with van der Waals surface area (Å²) >= 11 is 5.44. The zero-order valence-electron chi connectivity index (χ0n) is 15.5. The molecule has 0 radical (unpaired) electrons. The molecule has 0 saturated carbocycles. The lowest BCUT2D eigenvalue weighted by molar-refractivity contribution is 0.340. The topological polar surface area (TPSA) is 42.5 Å². The molecule has 0 aliphatic carbocycles. The molecule has 2 N–H and O–H groups in total. The van der Waals surface area contributed by atoms with E-state index in [1.165, 1.54) is 5.56 Å². The van der Waals surface area contributed by atoms with Gasteiger partial charge < -0.3 is 20.1 Å². The van der Waals surface area contributed by atoms with Gasteiger partial charge in [0.1, 0.15) is 11.5 Å². The molecule has 0 aromatic heterocycles. The zero-order valence-corrected chi connectivity index (χ0v) is 16.3. The van der Waals surface area contributed by atoms with Crippen LogP contribution in [0.3, 0.4) is 0 Å². The van der Waals surface area contributed by atoms with Crippen LogP contribution in [-0.2, 0) is 5.41 Å². The largest absolute Gasteiger partial charge is 0.495 e. The summed E-state index contributed by atoms with van der Waals surface area (Å²) in [5.74, 6) is 1.59. The molecule has 0 fully saturated rings. The summed E-state index contributed by atoms with van der Waals surface area (Å²) < 4.78 is 10.9. The van der Waals surface area contributed by atoms with Crippen molar-refractivity contribution in [2.75, 3.05) is 24.4 Å². The van der Waals surface area contributed by atoms with Crippen LogP contribution >= 0.6 is 12.2 Å². The summed E-state index contributed by atoms with van der Waals surface area (Å²) in [7, 11) is 1.65. The second-order valence-corrected chi connectivity index (χ2v) is 7.11. The lowest BCUT2D eigenvalue weighted by atomic mass is 9.87. The number of ether oxygens (including phenoxy) is 2. The standard InChI is InChI=1S/C20H26N2O2S/c1-6-24-16-10-8-15(9-11-16)21-19(25)22-17-13-14(20(2,3)4)7-12-18(17)23-5/h7-13H,6H2,1-5H3,(H2,21,22,25). The number of nitrogens with one attached hydrogen (secondary N) is 2. The van der Waals surface area contributed by atoms with Crippen molar-refractivity contribution in [1.29, 1.82) is 0 Å². The van der Waals surface area contributed by atoms with Crippen LogP contribution in [0.2, 0.25) is 0 Å². The van der Waals surface area contributed by atoms with Crippen molar-refractivity contribution in [1.82, 2.24) is 0 Å². The van der Waals surface area contributed by atoms with Crippen molar-refractivity contribution in [3.05, 3.63) is 48.0 Å². The van der Waals surface area contributed by atoms with E-state index in [2.05, 4.69) is 43.5 Å². The zero-order chi connectivity index (χ0) is 18.4. The van der Waals surface area contributed by atoms with E-state index in [9.17, 15) is 0 Å². The van der Waals surface area contributed by atoms with Crippen LogP contribution in [0.5, 0.6) is 11.5 Å². The number of thiocarbonyl (C=S) groups is 1. The van der Waals surface area contributed by atoms with Crippen LogP contribution in [0.15, 0.2) is 42.5 Å². The summed E-state index contributed by atoms with van der Waals surface area (Å²) in [4.78, 5) is 0. The number of methoxy groups -OCH3 is 1. The van der Waals surface area contributed by atoms with E-state index in [-0.39, 0.29) is 5.41 Å². The Morgan fingerprint density at radius 2 is 1.72 bits per heavy atom. The van der Waals surface area contributed by atoms with Gasteiger partial charge in [0.25, 0.3) is 0 Å². The Kier molecular flexibility index (Phi) is 6.26. The van der Waals surface area contributed by atoms with Gasteiger partial charge in [0.2, 0.25) is 0 Å². The van der Waals surface area contributed by atoms with Crippen molar-refractivity contribution in [2.45, 2.75) is 33.1 Å². The molecule has 5 heteroatoms. The van der Waals surface area contributed by atoms with E-state index in [1.807, 2.05) is 37.3 Å². The predicted octanol–water partition coefficient (Wildman–Crippen LogP) is 5.20. The maximum Gasteiger partial charge on any atom is 0.175 e. The molecule has 0 amide bonds. The minimum Gasteiger partial charge on any atom is -0.495 e. The summed E-state index contributed by atoms with van der Waals surface area (Å²) in [5.41, 5.74) is 3.00. The highest BCUT2D eigenvalue weighted by molar-refractivity contribution is 7.80. The fraction of sp³-hybridized carbons (Fsp3) is 0.350. The molecular formula is C20H26N2O2S. The SMILES string of the molecule is CCOc1ccc(NC(=S)Nc2cc(C(C)(C)C)ccc2OC)cc1. The summed E-state index contributed by atoms with van der Waals surface area (Å²) in [6.45, 7) is 9.14. The van der Waals surface area contributed by atoms with E-state index in [1.54, 1.807) is 7.11 Å². The highest BCUT2D eigenvalue weighted by Crippen LogP contribution is 2.31. The molecule has 0 heterocycles. The quantitative estimate of drug-likeness (QED) is 0.719. The summed E-state index contributed by atoms with van der Waals surface area (Å²) in [5, 5.41) is 6.91. The number of anilines is 2. The van der Waals surface area contributed by atoms with Crippen molar-refractivity contribution in [2.24, 2.45) is 0 Å². The number of rotatable bonds is 5. The van der Waals surface area contributed by atoms with Gasteiger partial charge in [0, 0.05) is 5.69 Å². The minimum atomic E-state index is 0.0485. The Morgan fingerprint density at radius 3 is 2.28 bits per heavy atom. The number of benzene rings is 2. The fourth-order valence-electron chi connectivity index (χ4n) is 2.36. The number of hydrogen-bond acceptors (Lipinski definition) is 3. The second-order valence-electron chi connectivity index (χ2n) is 6.70. The van der Waals surface area contributed by atoms with Crippen LogP contribution in [0.1, 0.15) is 33.3 Å². The average molecular weight is 359 g/mol. The molecular weight excluding hydrogens is 332 g/mol.